The van der Waals surface area contributed by atoms with Crippen molar-refractivity contribution in [2.45, 2.75) is 51.5 Å². The molecule has 2 unspecified atom stereocenters. The zero-order valence-corrected chi connectivity index (χ0v) is 17.3. The van der Waals surface area contributed by atoms with Crippen LogP contribution in [0.4, 0.5) is 0 Å². The van der Waals surface area contributed by atoms with Crippen LogP contribution in [0, 0.1) is 5.92 Å². The SMILES string of the molecule is CC(=O)NC1=C(C(=O)OC(C)(C)C)C2CCN(Cc3ccccc3)CC2S1. The summed E-state index contributed by atoms with van der Waals surface area (Å²) in [6.45, 7) is 9.80. The minimum atomic E-state index is -0.553. The molecular formula is C21H28N2O3S. The summed E-state index contributed by atoms with van der Waals surface area (Å²) >= 11 is 1.60. The van der Waals surface area contributed by atoms with Gasteiger partial charge in [-0.25, -0.2) is 4.79 Å². The van der Waals surface area contributed by atoms with Gasteiger partial charge >= 0.3 is 5.97 Å². The third kappa shape index (κ3) is 5.14. The molecule has 2 aliphatic heterocycles. The van der Waals surface area contributed by atoms with E-state index in [0.29, 0.717) is 10.6 Å². The number of piperidine rings is 1. The number of amides is 1. The van der Waals surface area contributed by atoms with Gasteiger partial charge in [0, 0.05) is 31.2 Å². The zero-order valence-electron chi connectivity index (χ0n) is 16.5. The van der Waals surface area contributed by atoms with Gasteiger partial charge in [-0.05, 0) is 39.3 Å². The van der Waals surface area contributed by atoms with Crippen LogP contribution in [-0.4, -0.2) is 40.7 Å². The maximum Gasteiger partial charge on any atom is 0.337 e. The first kappa shape index (κ1) is 20.0. The van der Waals surface area contributed by atoms with Crippen LogP contribution < -0.4 is 5.32 Å². The summed E-state index contributed by atoms with van der Waals surface area (Å²) in [7, 11) is 0. The zero-order chi connectivity index (χ0) is 19.6. The normalized spacial score (nSPS) is 23.1. The van der Waals surface area contributed by atoms with Crippen LogP contribution in [0.2, 0.25) is 0 Å². The van der Waals surface area contributed by atoms with E-state index in [1.807, 2.05) is 26.8 Å². The van der Waals surface area contributed by atoms with E-state index in [1.165, 1.54) is 12.5 Å². The number of carbonyl (C=O) groups is 2. The Morgan fingerprint density at radius 1 is 1.26 bits per heavy atom. The van der Waals surface area contributed by atoms with Crippen LogP contribution in [0.25, 0.3) is 0 Å². The first-order chi connectivity index (χ1) is 12.7. The quantitative estimate of drug-likeness (QED) is 0.802. The fraction of sp³-hybridized carbons (Fsp3) is 0.524. The number of hydrogen-bond donors (Lipinski definition) is 1. The second kappa shape index (κ2) is 8.07. The minimum Gasteiger partial charge on any atom is -0.457 e. The maximum atomic E-state index is 12.8. The van der Waals surface area contributed by atoms with Crippen LogP contribution >= 0.6 is 11.8 Å². The number of fused-ring (bicyclic) bond motifs is 1. The summed E-state index contributed by atoms with van der Waals surface area (Å²) < 4.78 is 5.63. The van der Waals surface area contributed by atoms with E-state index >= 15 is 0 Å². The molecule has 0 spiro atoms. The second-order valence-corrected chi connectivity index (χ2v) is 9.45. The van der Waals surface area contributed by atoms with E-state index in [-0.39, 0.29) is 23.0 Å². The molecule has 0 saturated carbocycles. The Labute approximate surface area is 165 Å². The molecule has 0 aliphatic carbocycles. The summed E-state index contributed by atoms with van der Waals surface area (Å²) in [5, 5.41) is 3.79. The number of nitrogens with one attached hydrogen (secondary N) is 1. The number of hydrogen-bond acceptors (Lipinski definition) is 5. The second-order valence-electron chi connectivity index (χ2n) is 8.20. The third-order valence-corrected chi connectivity index (χ3v) is 6.02. The van der Waals surface area contributed by atoms with Crippen molar-refractivity contribution in [1.29, 1.82) is 0 Å². The Morgan fingerprint density at radius 3 is 2.59 bits per heavy atom. The monoisotopic (exact) mass is 388 g/mol. The van der Waals surface area contributed by atoms with E-state index in [2.05, 4.69) is 34.5 Å². The highest BCUT2D eigenvalue weighted by Gasteiger charge is 2.44. The van der Waals surface area contributed by atoms with Gasteiger partial charge in [0.15, 0.2) is 0 Å². The van der Waals surface area contributed by atoms with Gasteiger partial charge in [-0.3, -0.25) is 9.69 Å². The van der Waals surface area contributed by atoms with E-state index in [4.69, 9.17) is 4.74 Å². The van der Waals surface area contributed by atoms with Crippen molar-refractivity contribution in [3.63, 3.8) is 0 Å². The molecule has 2 aliphatic rings. The van der Waals surface area contributed by atoms with Gasteiger partial charge < -0.3 is 10.1 Å². The molecule has 1 aromatic rings. The molecule has 1 aromatic carbocycles. The molecule has 2 heterocycles. The predicted molar refractivity (Wildman–Crippen MR) is 108 cm³/mol. The number of ether oxygens (including phenoxy) is 1. The van der Waals surface area contributed by atoms with Gasteiger partial charge in [-0.1, -0.05) is 30.3 Å². The highest BCUT2D eigenvalue weighted by atomic mass is 32.2. The highest BCUT2D eigenvalue weighted by Crippen LogP contribution is 2.46. The topological polar surface area (TPSA) is 58.6 Å². The van der Waals surface area contributed by atoms with Crippen LogP contribution in [-0.2, 0) is 20.9 Å². The van der Waals surface area contributed by atoms with Gasteiger partial charge in [-0.2, -0.15) is 0 Å². The first-order valence-electron chi connectivity index (χ1n) is 9.41. The Bertz CT molecular complexity index is 740. The minimum absolute atomic E-state index is 0.124. The van der Waals surface area contributed by atoms with Crippen molar-refractivity contribution in [3.8, 4) is 0 Å². The Kier molecular flexibility index (Phi) is 5.96. The highest BCUT2D eigenvalue weighted by molar-refractivity contribution is 8.04. The molecule has 0 radical (unpaired) electrons. The fourth-order valence-electron chi connectivity index (χ4n) is 3.63. The summed E-state index contributed by atoms with van der Waals surface area (Å²) in [5.41, 5.74) is 1.39. The summed E-state index contributed by atoms with van der Waals surface area (Å²) in [4.78, 5) is 26.9. The lowest BCUT2D eigenvalue weighted by molar-refractivity contribution is -0.150. The number of rotatable bonds is 4. The van der Waals surface area contributed by atoms with Crippen LogP contribution in [0.15, 0.2) is 40.9 Å². The summed E-state index contributed by atoms with van der Waals surface area (Å²) in [6.07, 6.45) is 0.891. The van der Waals surface area contributed by atoms with Crippen LogP contribution in [0.5, 0.6) is 0 Å². The molecule has 0 aromatic heterocycles. The molecule has 1 fully saturated rings. The molecular weight excluding hydrogens is 360 g/mol. The van der Waals surface area contributed by atoms with Gasteiger partial charge in [-0.15, -0.1) is 11.8 Å². The van der Waals surface area contributed by atoms with Crippen molar-refractivity contribution >= 4 is 23.6 Å². The molecule has 5 nitrogen and oxygen atoms in total. The lowest BCUT2D eigenvalue weighted by atomic mass is 9.89. The van der Waals surface area contributed by atoms with E-state index < -0.39 is 5.60 Å². The van der Waals surface area contributed by atoms with Gasteiger partial charge in [0.1, 0.15) is 5.60 Å². The average Bonchev–Trinajstić information content (AvgIpc) is 2.90. The molecule has 27 heavy (non-hydrogen) atoms. The van der Waals surface area contributed by atoms with Crippen molar-refractivity contribution in [2.75, 3.05) is 13.1 Å². The molecule has 6 heteroatoms. The van der Waals surface area contributed by atoms with Crippen LogP contribution in [0.1, 0.15) is 39.7 Å². The molecule has 0 bridgehead atoms. The summed E-state index contributed by atoms with van der Waals surface area (Å²) in [5.74, 6) is -0.333. The number of nitrogens with zero attached hydrogens (tertiary/aromatic N) is 1. The number of esters is 1. The number of carbonyl (C=O) groups excluding carboxylic acids is 2. The average molecular weight is 389 g/mol. The molecule has 1 N–H and O–H groups in total. The van der Waals surface area contributed by atoms with Crippen molar-refractivity contribution < 1.29 is 14.3 Å². The van der Waals surface area contributed by atoms with E-state index in [1.54, 1.807) is 11.8 Å². The molecule has 146 valence electrons. The Balaban J connectivity index is 1.74. The van der Waals surface area contributed by atoms with E-state index in [0.717, 1.165) is 26.1 Å². The van der Waals surface area contributed by atoms with Gasteiger partial charge in [0.05, 0.1) is 10.6 Å². The molecule has 1 saturated heterocycles. The molecule has 2 atom stereocenters. The van der Waals surface area contributed by atoms with Crippen LogP contribution in [0.3, 0.4) is 0 Å². The molecule has 3 rings (SSSR count). The van der Waals surface area contributed by atoms with Gasteiger partial charge in [0.2, 0.25) is 5.91 Å². The largest absolute Gasteiger partial charge is 0.457 e. The standard InChI is InChI=1S/C21H28N2O3S/c1-14(24)22-19-18(20(25)26-21(2,3)4)16-10-11-23(13-17(16)27-19)12-15-8-6-5-7-9-15/h5-9,16-17H,10-13H2,1-4H3,(H,22,24). The maximum absolute atomic E-state index is 12.8. The third-order valence-electron chi connectivity index (χ3n) is 4.69. The number of benzene rings is 1. The van der Waals surface area contributed by atoms with Crippen molar-refractivity contribution in [1.82, 2.24) is 10.2 Å². The molecule has 1 amide bonds. The fourth-order valence-corrected chi connectivity index (χ4v) is 5.22. The first-order valence-corrected chi connectivity index (χ1v) is 10.3. The van der Waals surface area contributed by atoms with Gasteiger partial charge in [0.25, 0.3) is 0 Å². The van der Waals surface area contributed by atoms with Crippen molar-refractivity contribution in [3.05, 3.63) is 46.5 Å². The Hall–Kier alpha value is -1.79. The smallest absolute Gasteiger partial charge is 0.337 e. The number of likely N-dealkylation sites (tertiary alicyclic amines) is 1. The summed E-state index contributed by atoms with van der Waals surface area (Å²) in [6, 6.07) is 10.4. The van der Waals surface area contributed by atoms with Crippen molar-refractivity contribution in [2.24, 2.45) is 5.92 Å². The van der Waals surface area contributed by atoms with E-state index in [9.17, 15) is 9.59 Å². The Morgan fingerprint density at radius 2 is 1.96 bits per heavy atom. The number of thioether (sulfide) groups is 1. The lowest BCUT2D eigenvalue weighted by Crippen LogP contribution is -2.42. The lowest BCUT2D eigenvalue weighted by Gasteiger charge is -2.35. The predicted octanol–water partition coefficient (Wildman–Crippen LogP) is 3.31.